The minimum absolute atomic E-state index is 0.659. The molecule has 1 aliphatic rings. The predicted octanol–water partition coefficient (Wildman–Crippen LogP) is 3.50. The molecule has 2 aromatic carbocycles. The summed E-state index contributed by atoms with van der Waals surface area (Å²) in [5.74, 6) is 3.04. The van der Waals surface area contributed by atoms with E-state index in [1.54, 1.807) is 7.11 Å². The van der Waals surface area contributed by atoms with Gasteiger partial charge in [0.25, 0.3) is 0 Å². The maximum atomic E-state index is 5.85. The van der Waals surface area contributed by atoms with Crippen LogP contribution in [0.1, 0.15) is 18.4 Å². The molecule has 0 bridgehead atoms. The van der Waals surface area contributed by atoms with E-state index >= 15 is 0 Å². The van der Waals surface area contributed by atoms with Crippen molar-refractivity contribution < 1.29 is 14.0 Å². The maximum Gasteiger partial charge on any atom is 0.241 e. The lowest BCUT2D eigenvalue weighted by Gasteiger charge is -2.33. The van der Waals surface area contributed by atoms with Crippen LogP contribution in [0.15, 0.2) is 53.1 Å². The molecule has 0 N–H and O–H groups in total. The molecule has 1 fully saturated rings. The van der Waals surface area contributed by atoms with Crippen LogP contribution in [0.25, 0.3) is 11.4 Å². The highest BCUT2D eigenvalue weighted by atomic mass is 16.5. The number of nitrogens with zero attached hydrogens (tertiary/aromatic N) is 4. The van der Waals surface area contributed by atoms with Gasteiger partial charge in [0.05, 0.1) is 13.7 Å². The van der Waals surface area contributed by atoms with Gasteiger partial charge in [0.15, 0.2) is 0 Å². The Kier molecular flexibility index (Phi) is 7.17. The summed E-state index contributed by atoms with van der Waals surface area (Å²) in [5.41, 5.74) is 2.30. The Bertz CT molecular complexity index is 932. The fourth-order valence-electron chi connectivity index (χ4n) is 3.65. The maximum absolute atomic E-state index is 5.85. The monoisotopic (exact) mass is 422 g/mol. The lowest BCUT2D eigenvalue weighted by Crippen LogP contribution is -2.47. The van der Waals surface area contributed by atoms with Gasteiger partial charge in [-0.2, -0.15) is 4.98 Å². The van der Waals surface area contributed by atoms with Crippen LogP contribution in [0.2, 0.25) is 0 Å². The van der Waals surface area contributed by atoms with Crippen LogP contribution in [0.5, 0.6) is 11.5 Å². The smallest absolute Gasteiger partial charge is 0.241 e. The molecule has 2 heterocycles. The number of hydrogen-bond donors (Lipinski definition) is 0. The second-order valence-corrected chi connectivity index (χ2v) is 7.70. The number of piperazine rings is 1. The third-order valence-electron chi connectivity index (χ3n) is 5.65. The molecule has 0 unspecified atom stereocenters. The van der Waals surface area contributed by atoms with Crippen LogP contribution < -0.4 is 9.47 Å². The SMILES string of the molecule is CCc1ccc(-c2noc(CN3CCN(CCOc4ccc(OC)cc4)CC3)n2)cc1. The van der Waals surface area contributed by atoms with Gasteiger partial charge in [-0.05, 0) is 36.2 Å². The minimum atomic E-state index is 0.659. The van der Waals surface area contributed by atoms with Crippen LogP contribution >= 0.6 is 0 Å². The van der Waals surface area contributed by atoms with Crippen LogP contribution in [0, 0.1) is 0 Å². The van der Waals surface area contributed by atoms with Crippen molar-refractivity contribution in [2.24, 2.45) is 0 Å². The number of rotatable bonds is 9. The number of aromatic nitrogens is 2. The summed E-state index contributed by atoms with van der Waals surface area (Å²) in [4.78, 5) is 9.37. The van der Waals surface area contributed by atoms with Crippen molar-refractivity contribution in [1.82, 2.24) is 19.9 Å². The number of hydrogen-bond acceptors (Lipinski definition) is 7. The van der Waals surface area contributed by atoms with Crippen molar-refractivity contribution in [2.45, 2.75) is 19.9 Å². The number of ether oxygens (including phenoxy) is 2. The molecule has 7 heteroatoms. The van der Waals surface area contributed by atoms with Gasteiger partial charge in [0.1, 0.15) is 18.1 Å². The summed E-state index contributed by atoms with van der Waals surface area (Å²) >= 11 is 0. The lowest BCUT2D eigenvalue weighted by molar-refractivity contribution is 0.104. The molecule has 1 aromatic heterocycles. The van der Waals surface area contributed by atoms with Crippen molar-refractivity contribution >= 4 is 0 Å². The minimum Gasteiger partial charge on any atom is -0.497 e. The fraction of sp³-hybridized carbons (Fsp3) is 0.417. The molecule has 0 aliphatic carbocycles. The van der Waals surface area contributed by atoms with Gasteiger partial charge in [-0.1, -0.05) is 36.3 Å². The molecule has 0 saturated carbocycles. The van der Waals surface area contributed by atoms with Crippen molar-refractivity contribution in [3.05, 3.63) is 60.0 Å². The number of aryl methyl sites for hydroxylation is 1. The zero-order valence-corrected chi connectivity index (χ0v) is 18.3. The third kappa shape index (κ3) is 5.83. The highest BCUT2D eigenvalue weighted by Crippen LogP contribution is 2.19. The summed E-state index contributed by atoms with van der Waals surface area (Å²) in [5, 5.41) is 4.15. The molecule has 164 valence electrons. The average molecular weight is 423 g/mol. The van der Waals surface area contributed by atoms with E-state index in [0.717, 1.165) is 56.2 Å². The van der Waals surface area contributed by atoms with Crippen LogP contribution in [-0.4, -0.2) is 66.4 Å². The van der Waals surface area contributed by atoms with Crippen molar-refractivity contribution in [3.8, 4) is 22.9 Å². The van der Waals surface area contributed by atoms with Crippen LogP contribution in [0.4, 0.5) is 0 Å². The fourth-order valence-corrected chi connectivity index (χ4v) is 3.65. The molecular weight excluding hydrogens is 392 g/mol. The molecule has 3 aromatic rings. The quantitative estimate of drug-likeness (QED) is 0.523. The lowest BCUT2D eigenvalue weighted by atomic mass is 10.1. The predicted molar refractivity (Wildman–Crippen MR) is 119 cm³/mol. The molecule has 1 saturated heterocycles. The highest BCUT2D eigenvalue weighted by molar-refractivity contribution is 5.54. The van der Waals surface area contributed by atoms with Gasteiger partial charge < -0.3 is 14.0 Å². The van der Waals surface area contributed by atoms with E-state index in [-0.39, 0.29) is 0 Å². The molecule has 7 nitrogen and oxygen atoms in total. The highest BCUT2D eigenvalue weighted by Gasteiger charge is 2.19. The topological polar surface area (TPSA) is 63.9 Å². The van der Waals surface area contributed by atoms with Crippen LogP contribution in [-0.2, 0) is 13.0 Å². The first-order valence-electron chi connectivity index (χ1n) is 10.9. The average Bonchev–Trinajstić information content (AvgIpc) is 3.29. The van der Waals surface area contributed by atoms with E-state index in [9.17, 15) is 0 Å². The zero-order valence-electron chi connectivity index (χ0n) is 18.3. The van der Waals surface area contributed by atoms with Gasteiger partial charge in [-0.3, -0.25) is 9.80 Å². The van der Waals surface area contributed by atoms with Gasteiger partial charge in [-0.15, -0.1) is 0 Å². The van der Waals surface area contributed by atoms with Crippen LogP contribution in [0.3, 0.4) is 0 Å². The molecule has 31 heavy (non-hydrogen) atoms. The van der Waals surface area contributed by atoms with Crippen molar-refractivity contribution in [1.29, 1.82) is 0 Å². The van der Waals surface area contributed by atoms with Crippen molar-refractivity contribution in [2.75, 3.05) is 46.4 Å². The summed E-state index contributed by atoms with van der Waals surface area (Å²) in [7, 11) is 1.66. The Hall–Kier alpha value is -2.90. The summed E-state index contributed by atoms with van der Waals surface area (Å²) < 4.78 is 16.5. The van der Waals surface area contributed by atoms with Gasteiger partial charge in [0.2, 0.25) is 11.7 Å². The molecule has 0 radical (unpaired) electrons. The van der Waals surface area contributed by atoms with E-state index < -0.39 is 0 Å². The number of methoxy groups -OCH3 is 1. The van der Waals surface area contributed by atoms with Crippen molar-refractivity contribution in [3.63, 3.8) is 0 Å². The summed E-state index contributed by atoms with van der Waals surface area (Å²) in [6, 6.07) is 16.0. The Balaban J connectivity index is 1.19. The van der Waals surface area contributed by atoms with E-state index in [2.05, 4.69) is 51.1 Å². The first-order chi connectivity index (χ1) is 15.2. The molecule has 4 rings (SSSR count). The molecule has 0 amide bonds. The van der Waals surface area contributed by atoms with Gasteiger partial charge >= 0.3 is 0 Å². The third-order valence-corrected chi connectivity index (χ3v) is 5.65. The van der Waals surface area contributed by atoms with E-state index in [1.807, 2.05) is 24.3 Å². The van der Waals surface area contributed by atoms with E-state index in [4.69, 9.17) is 14.0 Å². The normalized spacial score (nSPS) is 15.2. The Labute approximate surface area is 183 Å². The Morgan fingerprint density at radius 2 is 1.58 bits per heavy atom. The molecular formula is C24H30N4O3. The van der Waals surface area contributed by atoms with E-state index in [1.165, 1.54) is 5.56 Å². The largest absolute Gasteiger partial charge is 0.497 e. The summed E-state index contributed by atoms with van der Waals surface area (Å²) in [6.45, 7) is 8.40. The van der Waals surface area contributed by atoms with Gasteiger partial charge in [0, 0.05) is 38.3 Å². The molecule has 0 spiro atoms. The second kappa shape index (κ2) is 10.4. The first-order valence-corrected chi connectivity index (χ1v) is 10.9. The number of benzene rings is 2. The van der Waals surface area contributed by atoms with E-state index in [0.29, 0.717) is 24.9 Å². The molecule has 0 atom stereocenters. The molecule has 1 aliphatic heterocycles. The second-order valence-electron chi connectivity index (χ2n) is 7.70. The first kappa shape index (κ1) is 21.3. The zero-order chi connectivity index (χ0) is 21.5. The Morgan fingerprint density at radius 3 is 2.26 bits per heavy atom. The summed E-state index contributed by atoms with van der Waals surface area (Å²) in [6.07, 6.45) is 1.03. The standard InChI is InChI=1S/C24H30N4O3/c1-3-19-4-6-20(7-5-19)24-25-23(31-26-24)18-28-14-12-27(13-15-28)16-17-30-22-10-8-21(29-2)9-11-22/h4-11H,3,12-18H2,1-2H3. The van der Waals surface area contributed by atoms with Gasteiger partial charge in [-0.25, -0.2) is 0 Å². The Morgan fingerprint density at radius 1 is 0.903 bits per heavy atom.